The van der Waals surface area contributed by atoms with Crippen molar-refractivity contribution in [2.24, 2.45) is 4.99 Å². The van der Waals surface area contributed by atoms with Gasteiger partial charge in [-0.15, -0.1) is 24.0 Å². The van der Waals surface area contributed by atoms with Crippen LogP contribution in [0.2, 0.25) is 0 Å². The average Bonchev–Trinajstić information content (AvgIpc) is 3.18. The van der Waals surface area contributed by atoms with Crippen molar-refractivity contribution in [3.05, 3.63) is 60.1 Å². The first-order valence-electron chi connectivity index (χ1n) is 9.08. The Labute approximate surface area is 173 Å². The van der Waals surface area contributed by atoms with E-state index in [-0.39, 0.29) is 24.0 Å². The zero-order valence-corrected chi connectivity index (χ0v) is 17.9. The van der Waals surface area contributed by atoms with E-state index in [1.807, 2.05) is 19.2 Å². The molecule has 0 saturated carbocycles. The van der Waals surface area contributed by atoms with E-state index in [1.165, 1.54) is 5.56 Å². The number of rotatable bonds is 5. The highest BCUT2D eigenvalue weighted by atomic mass is 127. The third-order valence-electron chi connectivity index (χ3n) is 4.84. The molecule has 26 heavy (non-hydrogen) atoms. The van der Waals surface area contributed by atoms with Gasteiger partial charge in [0, 0.05) is 39.3 Å². The molecule has 1 N–H and O–H groups in total. The van der Waals surface area contributed by atoms with Crippen LogP contribution in [0.4, 0.5) is 0 Å². The summed E-state index contributed by atoms with van der Waals surface area (Å²) in [5, 5.41) is 3.39. The monoisotopic (exact) mass is 468 g/mol. The topological polar surface area (TPSA) is 44.0 Å². The van der Waals surface area contributed by atoms with E-state index >= 15 is 0 Å². The number of hydrogen-bond donors (Lipinski definition) is 1. The second-order valence-corrected chi connectivity index (χ2v) is 6.34. The molecule has 0 amide bonds. The Kier molecular flexibility index (Phi) is 8.44. The number of guanidine groups is 1. The molecule has 142 valence electrons. The van der Waals surface area contributed by atoms with E-state index in [2.05, 4.69) is 57.4 Å². The third-order valence-corrected chi connectivity index (χ3v) is 4.84. The molecule has 1 aliphatic rings. The van der Waals surface area contributed by atoms with Crippen molar-refractivity contribution in [3.8, 4) is 0 Å². The Hall–Kier alpha value is -1.54. The van der Waals surface area contributed by atoms with E-state index in [9.17, 15) is 0 Å². The molecular formula is C20H29IN4O. The first kappa shape index (κ1) is 20.8. The van der Waals surface area contributed by atoms with Crippen molar-refractivity contribution < 1.29 is 4.42 Å². The van der Waals surface area contributed by atoms with Gasteiger partial charge in [0.25, 0.3) is 0 Å². The maximum atomic E-state index is 5.38. The van der Waals surface area contributed by atoms with Gasteiger partial charge in [0.1, 0.15) is 5.76 Å². The molecular weight excluding hydrogens is 439 g/mol. The van der Waals surface area contributed by atoms with Gasteiger partial charge in [-0.25, -0.2) is 0 Å². The van der Waals surface area contributed by atoms with E-state index < -0.39 is 0 Å². The van der Waals surface area contributed by atoms with Gasteiger partial charge >= 0.3 is 0 Å². The van der Waals surface area contributed by atoms with Crippen LogP contribution in [0.25, 0.3) is 0 Å². The summed E-state index contributed by atoms with van der Waals surface area (Å²) in [6, 6.07) is 15.2. The number of aliphatic imine (C=N–C) groups is 1. The lowest BCUT2D eigenvalue weighted by Crippen LogP contribution is -2.52. The van der Waals surface area contributed by atoms with Gasteiger partial charge in [-0.05, 0) is 24.1 Å². The third kappa shape index (κ3) is 5.23. The quantitative estimate of drug-likeness (QED) is 0.413. The van der Waals surface area contributed by atoms with Gasteiger partial charge in [-0.3, -0.25) is 9.89 Å². The first-order chi connectivity index (χ1) is 12.3. The molecule has 2 heterocycles. The lowest BCUT2D eigenvalue weighted by Gasteiger charge is -2.40. The molecule has 1 aliphatic heterocycles. The molecule has 1 saturated heterocycles. The number of hydrogen-bond acceptors (Lipinski definition) is 3. The van der Waals surface area contributed by atoms with E-state index in [4.69, 9.17) is 4.42 Å². The van der Waals surface area contributed by atoms with Gasteiger partial charge in [-0.1, -0.05) is 37.3 Å². The summed E-state index contributed by atoms with van der Waals surface area (Å²) in [6.45, 7) is 7.02. The van der Waals surface area contributed by atoms with Gasteiger partial charge in [0.05, 0.1) is 12.8 Å². The maximum absolute atomic E-state index is 5.38. The zero-order chi connectivity index (χ0) is 17.5. The molecule has 2 aromatic rings. The first-order valence-corrected chi connectivity index (χ1v) is 9.08. The number of benzene rings is 1. The van der Waals surface area contributed by atoms with Crippen molar-refractivity contribution in [3.63, 3.8) is 0 Å². The number of halogens is 1. The Bertz CT molecular complexity index is 652. The van der Waals surface area contributed by atoms with E-state index in [1.54, 1.807) is 6.26 Å². The fourth-order valence-corrected chi connectivity index (χ4v) is 3.54. The Morgan fingerprint density at radius 1 is 1.12 bits per heavy atom. The highest BCUT2D eigenvalue weighted by Gasteiger charge is 2.25. The largest absolute Gasteiger partial charge is 0.467 e. The fraction of sp³-hybridized carbons (Fsp3) is 0.450. The predicted molar refractivity (Wildman–Crippen MR) is 117 cm³/mol. The summed E-state index contributed by atoms with van der Waals surface area (Å²) in [5.41, 5.74) is 1.42. The highest BCUT2D eigenvalue weighted by molar-refractivity contribution is 14.0. The van der Waals surface area contributed by atoms with Crippen LogP contribution in [0.1, 0.15) is 30.7 Å². The normalized spacial score (nSPS) is 16.8. The fourth-order valence-electron chi connectivity index (χ4n) is 3.54. The van der Waals surface area contributed by atoms with Crippen LogP contribution in [-0.4, -0.2) is 49.0 Å². The number of furan rings is 1. The molecule has 0 spiro atoms. The molecule has 3 rings (SSSR count). The summed E-state index contributed by atoms with van der Waals surface area (Å²) in [5.74, 6) is 1.87. The summed E-state index contributed by atoms with van der Waals surface area (Å²) in [7, 11) is 1.84. The summed E-state index contributed by atoms with van der Waals surface area (Å²) in [4.78, 5) is 9.35. The molecule has 1 unspecified atom stereocenters. The Balaban J connectivity index is 0.00000243. The Morgan fingerprint density at radius 2 is 1.85 bits per heavy atom. The Morgan fingerprint density at radius 3 is 2.42 bits per heavy atom. The number of nitrogens with one attached hydrogen (secondary N) is 1. The van der Waals surface area contributed by atoms with Crippen LogP contribution in [0, 0.1) is 0 Å². The SMILES string of the molecule is CCC(c1ccccc1)N1CCN(C(=NC)NCc2ccco2)CC1.I. The molecule has 0 radical (unpaired) electrons. The van der Waals surface area contributed by atoms with Crippen LogP contribution < -0.4 is 5.32 Å². The van der Waals surface area contributed by atoms with Gasteiger partial charge in [0.15, 0.2) is 5.96 Å². The lowest BCUT2D eigenvalue weighted by molar-refractivity contribution is 0.127. The number of nitrogens with zero attached hydrogens (tertiary/aromatic N) is 3. The average molecular weight is 468 g/mol. The maximum Gasteiger partial charge on any atom is 0.194 e. The van der Waals surface area contributed by atoms with E-state index in [0.717, 1.165) is 44.3 Å². The van der Waals surface area contributed by atoms with Crippen LogP contribution in [0.5, 0.6) is 0 Å². The second kappa shape index (κ2) is 10.6. The molecule has 1 atom stereocenters. The van der Waals surface area contributed by atoms with Gasteiger partial charge in [-0.2, -0.15) is 0 Å². The minimum atomic E-state index is 0. The zero-order valence-electron chi connectivity index (χ0n) is 15.6. The van der Waals surface area contributed by atoms with Crippen molar-refractivity contribution in [1.82, 2.24) is 15.1 Å². The van der Waals surface area contributed by atoms with Crippen LogP contribution in [0.15, 0.2) is 58.1 Å². The molecule has 0 aliphatic carbocycles. The van der Waals surface area contributed by atoms with Gasteiger partial charge in [0.2, 0.25) is 0 Å². The summed E-state index contributed by atoms with van der Waals surface area (Å²) >= 11 is 0. The molecule has 6 heteroatoms. The lowest BCUT2D eigenvalue weighted by atomic mass is 10.0. The van der Waals surface area contributed by atoms with E-state index in [0.29, 0.717) is 12.6 Å². The smallest absolute Gasteiger partial charge is 0.194 e. The summed E-state index contributed by atoms with van der Waals surface area (Å²) in [6.07, 6.45) is 2.84. The second-order valence-electron chi connectivity index (χ2n) is 6.34. The van der Waals surface area contributed by atoms with Gasteiger partial charge < -0.3 is 14.6 Å². The minimum absolute atomic E-state index is 0. The van der Waals surface area contributed by atoms with Crippen molar-refractivity contribution in [1.29, 1.82) is 0 Å². The van der Waals surface area contributed by atoms with Crippen LogP contribution >= 0.6 is 24.0 Å². The molecule has 1 fully saturated rings. The molecule has 5 nitrogen and oxygen atoms in total. The minimum Gasteiger partial charge on any atom is -0.467 e. The standard InChI is InChI=1S/C20H28N4O.HI/c1-3-19(17-8-5-4-6-9-17)23-11-13-24(14-12-23)20(21-2)22-16-18-10-7-15-25-18;/h4-10,15,19H,3,11-14,16H2,1-2H3,(H,21,22);1H. The van der Waals surface area contributed by atoms with Crippen LogP contribution in [-0.2, 0) is 6.54 Å². The molecule has 1 aromatic carbocycles. The predicted octanol–water partition coefficient (Wildman–Crippen LogP) is 3.74. The van der Waals surface area contributed by atoms with Crippen molar-refractivity contribution in [2.45, 2.75) is 25.9 Å². The van der Waals surface area contributed by atoms with Crippen molar-refractivity contribution >= 4 is 29.9 Å². The molecule has 1 aromatic heterocycles. The molecule has 0 bridgehead atoms. The van der Waals surface area contributed by atoms with Crippen LogP contribution in [0.3, 0.4) is 0 Å². The van der Waals surface area contributed by atoms with Crippen molar-refractivity contribution in [2.75, 3.05) is 33.2 Å². The highest BCUT2D eigenvalue weighted by Crippen LogP contribution is 2.25. The summed E-state index contributed by atoms with van der Waals surface area (Å²) < 4.78 is 5.38. The number of piperazine rings is 1.